The first-order valence-electron chi connectivity index (χ1n) is 6.84. The van der Waals surface area contributed by atoms with Crippen molar-refractivity contribution in [1.82, 2.24) is 15.2 Å². The van der Waals surface area contributed by atoms with Gasteiger partial charge >= 0.3 is 0 Å². The molecule has 21 heavy (non-hydrogen) atoms. The Morgan fingerprint density at radius 3 is 2.90 bits per heavy atom. The molecule has 1 amide bonds. The minimum atomic E-state index is -2.68. The van der Waals surface area contributed by atoms with Crippen LogP contribution in [0.3, 0.4) is 0 Å². The lowest BCUT2D eigenvalue weighted by Crippen LogP contribution is -2.43. The summed E-state index contributed by atoms with van der Waals surface area (Å²) in [6.07, 6.45) is 0.665. The summed E-state index contributed by atoms with van der Waals surface area (Å²) in [6, 6.07) is 4.35. The predicted molar refractivity (Wildman–Crippen MR) is 71.1 cm³/mol. The lowest BCUT2D eigenvalue weighted by atomic mass is 9.91. The molecule has 1 heterocycles. The average Bonchev–Trinajstić information content (AvgIpc) is 2.92. The molecule has 1 atom stereocenters. The van der Waals surface area contributed by atoms with Gasteiger partial charge in [0.25, 0.3) is 5.91 Å². The minimum absolute atomic E-state index is 0.0951. The lowest BCUT2D eigenvalue weighted by molar-refractivity contribution is -0.0563. The number of alkyl halides is 2. The van der Waals surface area contributed by atoms with Crippen molar-refractivity contribution >= 4 is 16.9 Å². The van der Waals surface area contributed by atoms with Crippen LogP contribution in [0.5, 0.6) is 0 Å². The Morgan fingerprint density at radius 1 is 1.38 bits per heavy atom. The molecular weight excluding hydrogens is 280 g/mol. The molecule has 1 fully saturated rings. The number of nitrogens with zero attached hydrogens (tertiary/aromatic N) is 3. The van der Waals surface area contributed by atoms with Gasteiger partial charge < -0.3 is 4.90 Å². The molecule has 0 aliphatic heterocycles. The highest BCUT2D eigenvalue weighted by atomic mass is 19.3. The molecule has 2 aromatic rings. The largest absolute Gasteiger partial charge is 0.338 e. The van der Waals surface area contributed by atoms with Crippen molar-refractivity contribution in [1.29, 1.82) is 0 Å². The molecule has 1 saturated carbocycles. The van der Waals surface area contributed by atoms with Gasteiger partial charge in [0.05, 0.1) is 0 Å². The standard InChI is InChI=1S/C14H15F2N3O2/c1-19(10-3-2-6-14(15,16)8-10)13(20)9-4-5-11-12(7-9)18-21-17-11/h4-5,7,10H,2-3,6,8H2,1H3. The molecule has 0 N–H and O–H groups in total. The van der Waals surface area contributed by atoms with E-state index in [9.17, 15) is 13.6 Å². The van der Waals surface area contributed by atoms with E-state index in [0.717, 1.165) is 0 Å². The highest BCUT2D eigenvalue weighted by Crippen LogP contribution is 2.35. The molecule has 0 spiro atoms. The van der Waals surface area contributed by atoms with E-state index < -0.39 is 12.0 Å². The highest BCUT2D eigenvalue weighted by Gasteiger charge is 2.39. The van der Waals surface area contributed by atoms with Crippen LogP contribution in [0.25, 0.3) is 11.0 Å². The number of amides is 1. The Kier molecular flexibility index (Phi) is 3.35. The Hall–Kier alpha value is -2.05. The fraction of sp³-hybridized carbons (Fsp3) is 0.500. The molecule has 1 aliphatic carbocycles. The third-order valence-corrected chi connectivity index (χ3v) is 3.98. The van der Waals surface area contributed by atoms with E-state index in [-0.39, 0.29) is 18.7 Å². The van der Waals surface area contributed by atoms with Crippen LogP contribution in [0.4, 0.5) is 8.78 Å². The van der Waals surface area contributed by atoms with E-state index in [1.807, 2.05) is 0 Å². The second-order valence-electron chi connectivity index (χ2n) is 5.49. The molecule has 0 bridgehead atoms. The van der Waals surface area contributed by atoms with Gasteiger partial charge in [-0.15, -0.1) is 0 Å². The van der Waals surface area contributed by atoms with Gasteiger partial charge in [-0.1, -0.05) is 0 Å². The van der Waals surface area contributed by atoms with E-state index in [0.29, 0.717) is 29.4 Å². The van der Waals surface area contributed by atoms with Gasteiger partial charge in [-0.25, -0.2) is 13.4 Å². The number of benzene rings is 1. The Morgan fingerprint density at radius 2 is 2.14 bits per heavy atom. The Balaban J connectivity index is 1.80. The quantitative estimate of drug-likeness (QED) is 0.854. The van der Waals surface area contributed by atoms with Gasteiger partial charge in [0.2, 0.25) is 5.92 Å². The van der Waals surface area contributed by atoms with Gasteiger partial charge in [-0.2, -0.15) is 0 Å². The molecule has 5 nitrogen and oxygen atoms in total. The number of hydrogen-bond acceptors (Lipinski definition) is 4. The molecule has 0 saturated heterocycles. The molecular formula is C14H15F2N3O2. The summed E-state index contributed by atoms with van der Waals surface area (Å²) in [7, 11) is 1.57. The van der Waals surface area contributed by atoms with E-state index >= 15 is 0 Å². The summed E-state index contributed by atoms with van der Waals surface area (Å²) in [5, 5.41) is 7.34. The maximum atomic E-state index is 13.5. The third kappa shape index (κ3) is 2.72. The minimum Gasteiger partial charge on any atom is -0.338 e. The number of halogens is 2. The molecule has 1 aromatic heterocycles. The summed E-state index contributed by atoms with van der Waals surface area (Å²) in [6.45, 7) is 0. The van der Waals surface area contributed by atoms with Crippen LogP contribution in [0.15, 0.2) is 22.8 Å². The van der Waals surface area contributed by atoms with Crippen molar-refractivity contribution < 1.29 is 18.2 Å². The van der Waals surface area contributed by atoms with Crippen LogP contribution in [0.1, 0.15) is 36.0 Å². The summed E-state index contributed by atoms with van der Waals surface area (Å²) < 4.78 is 31.5. The molecule has 1 aromatic carbocycles. The Labute approximate surface area is 119 Å². The number of hydrogen-bond donors (Lipinski definition) is 0. The van der Waals surface area contributed by atoms with Crippen LogP contribution in [-0.2, 0) is 0 Å². The van der Waals surface area contributed by atoms with E-state index in [4.69, 9.17) is 0 Å². The Bertz CT molecular complexity index is 671. The van der Waals surface area contributed by atoms with Gasteiger partial charge in [0, 0.05) is 31.5 Å². The molecule has 1 unspecified atom stereocenters. The van der Waals surface area contributed by atoms with Crippen LogP contribution < -0.4 is 0 Å². The summed E-state index contributed by atoms with van der Waals surface area (Å²) in [4.78, 5) is 13.8. The molecule has 7 heteroatoms. The number of fused-ring (bicyclic) bond motifs is 1. The first-order chi connectivity index (χ1) is 9.96. The summed E-state index contributed by atoms with van der Waals surface area (Å²) >= 11 is 0. The van der Waals surface area contributed by atoms with Crippen LogP contribution in [-0.4, -0.2) is 40.1 Å². The topological polar surface area (TPSA) is 59.2 Å². The van der Waals surface area contributed by atoms with Crippen molar-refractivity contribution in [3.8, 4) is 0 Å². The average molecular weight is 295 g/mol. The van der Waals surface area contributed by atoms with Crippen molar-refractivity contribution in [3.05, 3.63) is 23.8 Å². The summed E-state index contributed by atoms with van der Waals surface area (Å²) in [5.74, 6) is -2.97. The normalized spacial score (nSPS) is 21.4. The van der Waals surface area contributed by atoms with Gasteiger partial charge in [-0.05, 0) is 41.4 Å². The van der Waals surface area contributed by atoms with Crippen molar-refractivity contribution in [2.45, 2.75) is 37.6 Å². The second kappa shape index (κ2) is 5.05. The monoisotopic (exact) mass is 295 g/mol. The second-order valence-corrected chi connectivity index (χ2v) is 5.49. The van der Waals surface area contributed by atoms with Crippen molar-refractivity contribution in [2.75, 3.05) is 7.05 Å². The van der Waals surface area contributed by atoms with Crippen molar-refractivity contribution in [2.24, 2.45) is 0 Å². The fourth-order valence-electron chi connectivity index (χ4n) is 2.76. The number of rotatable bonds is 2. The van der Waals surface area contributed by atoms with Crippen LogP contribution in [0.2, 0.25) is 0 Å². The van der Waals surface area contributed by atoms with E-state index in [1.54, 1.807) is 25.2 Å². The fourth-order valence-corrected chi connectivity index (χ4v) is 2.76. The van der Waals surface area contributed by atoms with E-state index in [1.165, 1.54) is 4.90 Å². The van der Waals surface area contributed by atoms with Crippen molar-refractivity contribution in [3.63, 3.8) is 0 Å². The first-order valence-corrected chi connectivity index (χ1v) is 6.84. The summed E-state index contributed by atoms with van der Waals surface area (Å²) in [5.41, 5.74) is 1.43. The van der Waals surface area contributed by atoms with Crippen LogP contribution >= 0.6 is 0 Å². The maximum Gasteiger partial charge on any atom is 0.253 e. The third-order valence-electron chi connectivity index (χ3n) is 3.98. The smallest absolute Gasteiger partial charge is 0.253 e. The number of carbonyl (C=O) groups is 1. The SMILES string of the molecule is CN(C(=O)c1ccc2nonc2c1)C1CCCC(F)(F)C1. The zero-order valence-electron chi connectivity index (χ0n) is 11.6. The molecule has 1 aliphatic rings. The first kappa shape index (κ1) is 13.9. The predicted octanol–water partition coefficient (Wildman–Crippen LogP) is 2.87. The van der Waals surface area contributed by atoms with Crippen LogP contribution in [0, 0.1) is 0 Å². The lowest BCUT2D eigenvalue weighted by Gasteiger charge is -2.35. The zero-order valence-corrected chi connectivity index (χ0v) is 11.6. The molecule has 3 rings (SSSR count). The number of carbonyl (C=O) groups excluding carboxylic acids is 1. The number of aromatic nitrogens is 2. The van der Waals surface area contributed by atoms with Gasteiger partial charge in [0.1, 0.15) is 11.0 Å². The van der Waals surface area contributed by atoms with Gasteiger partial charge in [0.15, 0.2) is 0 Å². The van der Waals surface area contributed by atoms with Gasteiger partial charge in [-0.3, -0.25) is 4.79 Å². The highest BCUT2D eigenvalue weighted by molar-refractivity contribution is 5.97. The molecule has 112 valence electrons. The molecule has 0 radical (unpaired) electrons. The maximum absolute atomic E-state index is 13.5. The zero-order chi connectivity index (χ0) is 15.0. The van der Waals surface area contributed by atoms with E-state index in [2.05, 4.69) is 14.9 Å².